The van der Waals surface area contributed by atoms with Gasteiger partial charge >= 0.3 is 6.18 Å². The molecule has 1 rings (SSSR count). The van der Waals surface area contributed by atoms with Crippen molar-refractivity contribution in [2.45, 2.75) is 45.3 Å². The molecule has 0 bridgehead atoms. The molecule has 0 spiro atoms. The normalized spacial score (nSPS) is 13.7. The first kappa shape index (κ1) is 15.0. The zero-order valence-corrected chi connectivity index (χ0v) is 11.1. The molecule has 1 unspecified atom stereocenters. The molecule has 1 N–H and O–H groups in total. The maximum absolute atomic E-state index is 12.6. The van der Waals surface area contributed by atoms with Crippen LogP contribution in [-0.4, -0.2) is 13.2 Å². The van der Waals surface area contributed by atoms with E-state index in [2.05, 4.69) is 5.32 Å². The Morgan fingerprint density at radius 3 is 2.28 bits per heavy atom. The van der Waals surface area contributed by atoms with E-state index in [9.17, 15) is 13.2 Å². The Balaban J connectivity index is 3.09. The Morgan fingerprint density at radius 1 is 1.17 bits per heavy atom. The molecular weight excluding hydrogens is 239 g/mol. The smallest absolute Gasteiger partial charge is 0.313 e. The lowest BCUT2D eigenvalue weighted by atomic mass is 9.93. The van der Waals surface area contributed by atoms with Gasteiger partial charge in [-0.3, -0.25) is 0 Å². The molecule has 0 aliphatic rings. The van der Waals surface area contributed by atoms with Crippen LogP contribution in [0.3, 0.4) is 0 Å². The fraction of sp³-hybridized carbons (Fsp3) is 0.571. The summed E-state index contributed by atoms with van der Waals surface area (Å²) in [7, 11) is 1.58. The number of benzene rings is 1. The molecule has 0 aromatic heterocycles. The number of hydrogen-bond donors (Lipinski definition) is 1. The van der Waals surface area contributed by atoms with E-state index in [0.29, 0.717) is 0 Å². The summed E-state index contributed by atoms with van der Waals surface area (Å²) in [4.78, 5) is 0. The summed E-state index contributed by atoms with van der Waals surface area (Å²) in [6.45, 7) is 3.97. The highest BCUT2D eigenvalue weighted by atomic mass is 19.4. The molecule has 4 heteroatoms. The van der Waals surface area contributed by atoms with Gasteiger partial charge in [0.2, 0.25) is 0 Å². The number of aryl methyl sites for hydroxylation is 2. The molecule has 0 saturated heterocycles. The molecule has 0 fully saturated rings. The Morgan fingerprint density at radius 2 is 1.83 bits per heavy atom. The molecule has 1 atom stereocenters. The van der Waals surface area contributed by atoms with Crippen molar-refractivity contribution < 1.29 is 13.2 Å². The fourth-order valence-electron chi connectivity index (χ4n) is 2.11. The van der Waals surface area contributed by atoms with Crippen molar-refractivity contribution in [1.29, 1.82) is 0 Å². The molecule has 0 amide bonds. The van der Waals surface area contributed by atoms with Gasteiger partial charge in [-0.15, -0.1) is 0 Å². The van der Waals surface area contributed by atoms with Crippen molar-refractivity contribution in [2.24, 2.45) is 0 Å². The largest absolute Gasteiger partial charge is 0.390 e. The number of nitrogens with one attached hydrogen (secondary N) is 1. The summed E-state index contributed by atoms with van der Waals surface area (Å²) in [6, 6.07) is 5.16. The average molecular weight is 259 g/mol. The first-order chi connectivity index (χ1) is 8.41. The van der Waals surface area contributed by atoms with Gasteiger partial charge in [0.25, 0.3) is 0 Å². The standard InChI is InChI=1S/C14H20F3N/c1-4-10-6-7-11(5-2)12(8-10)13(18-3)9-14(15,16)17/h6-8,13,18H,4-5,9H2,1-3H3. The third-order valence-corrected chi connectivity index (χ3v) is 3.16. The fourth-order valence-corrected chi connectivity index (χ4v) is 2.11. The summed E-state index contributed by atoms with van der Waals surface area (Å²) < 4.78 is 37.7. The van der Waals surface area contributed by atoms with Gasteiger partial charge in [0, 0.05) is 6.04 Å². The second-order valence-electron chi connectivity index (χ2n) is 4.40. The van der Waals surface area contributed by atoms with E-state index in [1.54, 1.807) is 7.05 Å². The van der Waals surface area contributed by atoms with Crippen LogP contribution in [0, 0.1) is 0 Å². The van der Waals surface area contributed by atoms with Crippen LogP contribution in [-0.2, 0) is 12.8 Å². The van der Waals surface area contributed by atoms with E-state index >= 15 is 0 Å². The first-order valence-corrected chi connectivity index (χ1v) is 6.27. The Kier molecular flexibility index (Phi) is 5.20. The van der Waals surface area contributed by atoms with Crippen LogP contribution in [0.1, 0.15) is 43.0 Å². The average Bonchev–Trinajstić information content (AvgIpc) is 2.34. The topological polar surface area (TPSA) is 12.0 Å². The highest BCUT2D eigenvalue weighted by Crippen LogP contribution is 2.31. The van der Waals surface area contributed by atoms with Crippen molar-refractivity contribution in [3.05, 3.63) is 34.9 Å². The third kappa shape index (κ3) is 4.02. The maximum Gasteiger partial charge on any atom is 0.390 e. The summed E-state index contributed by atoms with van der Waals surface area (Å²) in [5.41, 5.74) is 2.83. The minimum Gasteiger partial charge on any atom is -0.313 e. The van der Waals surface area contributed by atoms with Crippen LogP contribution in [0.4, 0.5) is 13.2 Å². The van der Waals surface area contributed by atoms with E-state index in [4.69, 9.17) is 0 Å². The molecule has 0 radical (unpaired) electrons. The highest BCUT2D eigenvalue weighted by Gasteiger charge is 2.32. The van der Waals surface area contributed by atoms with Crippen molar-refractivity contribution in [3.63, 3.8) is 0 Å². The van der Waals surface area contributed by atoms with Crippen molar-refractivity contribution in [1.82, 2.24) is 5.32 Å². The lowest BCUT2D eigenvalue weighted by Crippen LogP contribution is -2.24. The molecule has 0 heterocycles. The SMILES string of the molecule is CCc1ccc(CC)c(C(CC(F)(F)F)NC)c1. The first-order valence-electron chi connectivity index (χ1n) is 6.27. The van der Waals surface area contributed by atoms with Crippen LogP contribution < -0.4 is 5.32 Å². The maximum atomic E-state index is 12.6. The molecule has 0 aliphatic heterocycles. The van der Waals surface area contributed by atoms with E-state index in [1.165, 1.54) is 0 Å². The summed E-state index contributed by atoms with van der Waals surface area (Å²) in [5.74, 6) is 0. The van der Waals surface area contributed by atoms with Gasteiger partial charge in [-0.25, -0.2) is 0 Å². The van der Waals surface area contributed by atoms with Gasteiger partial charge < -0.3 is 5.32 Å². The Labute approximate surface area is 106 Å². The van der Waals surface area contributed by atoms with Gasteiger partial charge in [-0.2, -0.15) is 13.2 Å². The number of halogens is 3. The second kappa shape index (κ2) is 6.23. The zero-order chi connectivity index (χ0) is 13.8. The lowest BCUT2D eigenvalue weighted by Gasteiger charge is -2.22. The van der Waals surface area contributed by atoms with E-state index < -0.39 is 18.6 Å². The lowest BCUT2D eigenvalue weighted by molar-refractivity contribution is -0.140. The van der Waals surface area contributed by atoms with E-state index in [0.717, 1.165) is 29.5 Å². The van der Waals surface area contributed by atoms with Gasteiger partial charge in [0.05, 0.1) is 6.42 Å². The summed E-state index contributed by atoms with van der Waals surface area (Å²) in [5, 5.41) is 2.78. The quantitative estimate of drug-likeness (QED) is 0.842. The molecule has 1 aromatic carbocycles. The van der Waals surface area contributed by atoms with Crippen molar-refractivity contribution in [2.75, 3.05) is 7.05 Å². The van der Waals surface area contributed by atoms with Crippen molar-refractivity contribution in [3.8, 4) is 0 Å². The van der Waals surface area contributed by atoms with Gasteiger partial charge in [0.15, 0.2) is 0 Å². The van der Waals surface area contributed by atoms with Crippen LogP contribution in [0.5, 0.6) is 0 Å². The predicted molar refractivity (Wildman–Crippen MR) is 67.7 cm³/mol. The molecular formula is C14H20F3N. The molecule has 1 nitrogen and oxygen atoms in total. The monoisotopic (exact) mass is 259 g/mol. The molecule has 18 heavy (non-hydrogen) atoms. The van der Waals surface area contributed by atoms with Gasteiger partial charge in [-0.05, 0) is 36.6 Å². The van der Waals surface area contributed by atoms with Gasteiger partial charge in [0.1, 0.15) is 0 Å². The van der Waals surface area contributed by atoms with Crippen LogP contribution in [0.15, 0.2) is 18.2 Å². The predicted octanol–water partition coefficient (Wildman–Crippen LogP) is 4.02. The molecule has 1 aromatic rings. The van der Waals surface area contributed by atoms with Gasteiger partial charge in [-0.1, -0.05) is 32.0 Å². The van der Waals surface area contributed by atoms with E-state index in [-0.39, 0.29) is 0 Å². The van der Waals surface area contributed by atoms with Crippen LogP contribution in [0.25, 0.3) is 0 Å². The van der Waals surface area contributed by atoms with Crippen LogP contribution >= 0.6 is 0 Å². The minimum absolute atomic E-state index is 0.661. The number of alkyl halides is 3. The zero-order valence-electron chi connectivity index (χ0n) is 11.1. The second-order valence-corrected chi connectivity index (χ2v) is 4.40. The van der Waals surface area contributed by atoms with E-state index in [1.807, 2.05) is 32.0 Å². The summed E-state index contributed by atoms with van der Waals surface area (Å²) in [6.07, 6.45) is -3.40. The molecule has 0 aliphatic carbocycles. The number of hydrogen-bond acceptors (Lipinski definition) is 1. The number of rotatable bonds is 5. The molecule has 0 saturated carbocycles. The highest BCUT2D eigenvalue weighted by molar-refractivity contribution is 5.34. The third-order valence-electron chi connectivity index (χ3n) is 3.16. The minimum atomic E-state index is -4.15. The van der Waals surface area contributed by atoms with Crippen LogP contribution in [0.2, 0.25) is 0 Å². The molecule has 102 valence electrons. The Bertz CT molecular complexity index is 385. The summed E-state index contributed by atoms with van der Waals surface area (Å²) >= 11 is 0. The Hall–Kier alpha value is -1.03. The van der Waals surface area contributed by atoms with Crippen molar-refractivity contribution >= 4 is 0 Å².